The van der Waals surface area contributed by atoms with Gasteiger partial charge in [0.25, 0.3) is 0 Å². The van der Waals surface area contributed by atoms with Crippen LogP contribution in [-0.4, -0.2) is 22.2 Å². The third-order valence-electron chi connectivity index (χ3n) is 2.35. The maximum atomic E-state index is 11.2. The molecule has 0 spiro atoms. The zero-order chi connectivity index (χ0) is 10.8. The Hall–Kier alpha value is -1.42. The number of fused-ring (bicyclic) bond motifs is 1. The summed E-state index contributed by atoms with van der Waals surface area (Å²) in [6.07, 6.45) is 1.89. The van der Waals surface area contributed by atoms with Crippen molar-refractivity contribution in [1.82, 2.24) is 0 Å². The van der Waals surface area contributed by atoms with Gasteiger partial charge in [0.15, 0.2) is 0 Å². The number of carbonyl (C=O) groups excluding carboxylic acids is 2. The van der Waals surface area contributed by atoms with Gasteiger partial charge in [0.1, 0.15) is 0 Å². The standard InChI is InChI=1S/C11H9O3Si/c12-10-8-4-3-7(2-1-5-15)6-9(8)11(13)14-10/h3-4,6H,1-2,5H2. The highest BCUT2D eigenvalue weighted by Crippen LogP contribution is 2.21. The fourth-order valence-corrected chi connectivity index (χ4v) is 1.76. The van der Waals surface area contributed by atoms with Crippen molar-refractivity contribution in [2.45, 2.75) is 18.9 Å². The second-order valence-electron chi connectivity index (χ2n) is 3.41. The molecule has 4 heteroatoms. The second-order valence-corrected chi connectivity index (χ2v) is 3.91. The van der Waals surface area contributed by atoms with Crippen LogP contribution in [0.4, 0.5) is 0 Å². The van der Waals surface area contributed by atoms with Crippen LogP contribution in [-0.2, 0) is 11.2 Å². The van der Waals surface area contributed by atoms with E-state index in [0.717, 1.165) is 24.4 Å². The number of carbonyl (C=O) groups is 2. The van der Waals surface area contributed by atoms with Gasteiger partial charge in [-0.3, -0.25) is 0 Å². The Balaban J connectivity index is 2.30. The monoisotopic (exact) mass is 217 g/mol. The van der Waals surface area contributed by atoms with E-state index in [-0.39, 0.29) is 0 Å². The van der Waals surface area contributed by atoms with Crippen LogP contribution in [0.1, 0.15) is 32.7 Å². The van der Waals surface area contributed by atoms with Crippen LogP contribution >= 0.6 is 0 Å². The molecule has 1 heterocycles. The fraction of sp³-hybridized carbons (Fsp3) is 0.273. The fourth-order valence-electron chi connectivity index (χ4n) is 1.58. The van der Waals surface area contributed by atoms with Crippen LogP contribution in [0.2, 0.25) is 6.04 Å². The zero-order valence-electron chi connectivity index (χ0n) is 8.08. The minimum atomic E-state index is -0.540. The lowest BCUT2D eigenvalue weighted by Gasteiger charge is -2.00. The summed E-state index contributed by atoms with van der Waals surface area (Å²) in [6.45, 7) is 0. The summed E-state index contributed by atoms with van der Waals surface area (Å²) < 4.78 is 4.50. The molecule has 3 radical (unpaired) electrons. The van der Waals surface area contributed by atoms with Gasteiger partial charge in [-0.1, -0.05) is 18.5 Å². The molecule has 1 aliphatic rings. The molecular weight excluding hydrogens is 208 g/mol. The molecule has 1 aromatic rings. The minimum Gasteiger partial charge on any atom is -0.386 e. The Bertz CT molecular complexity index is 426. The van der Waals surface area contributed by atoms with E-state index in [1.807, 2.05) is 6.07 Å². The number of aryl methyl sites for hydroxylation is 1. The highest BCUT2D eigenvalue weighted by molar-refractivity contribution is 6.14. The third kappa shape index (κ3) is 1.85. The summed E-state index contributed by atoms with van der Waals surface area (Å²) in [5.74, 6) is -1.07. The maximum Gasteiger partial charge on any atom is 0.346 e. The maximum absolute atomic E-state index is 11.2. The average Bonchev–Trinajstić information content (AvgIpc) is 2.52. The van der Waals surface area contributed by atoms with Gasteiger partial charge in [0.2, 0.25) is 0 Å². The van der Waals surface area contributed by atoms with Gasteiger partial charge < -0.3 is 4.74 Å². The van der Waals surface area contributed by atoms with Crippen molar-refractivity contribution in [3.8, 4) is 0 Å². The lowest BCUT2D eigenvalue weighted by atomic mass is 10.0. The van der Waals surface area contributed by atoms with E-state index < -0.39 is 11.9 Å². The molecule has 0 saturated heterocycles. The number of cyclic esters (lactones) is 2. The highest BCUT2D eigenvalue weighted by atomic mass is 28.1. The third-order valence-corrected chi connectivity index (χ3v) is 2.70. The molecule has 2 rings (SSSR count). The van der Waals surface area contributed by atoms with Crippen molar-refractivity contribution in [2.75, 3.05) is 0 Å². The largest absolute Gasteiger partial charge is 0.386 e. The van der Waals surface area contributed by atoms with Crippen LogP contribution in [0, 0.1) is 0 Å². The van der Waals surface area contributed by atoms with Crippen molar-refractivity contribution >= 4 is 22.2 Å². The van der Waals surface area contributed by atoms with Crippen LogP contribution in [0.25, 0.3) is 0 Å². The molecule has 3 nitrogen and oxygen atoms in total. The summed E-state index contributed by atoms with van der Waals surface area (Å²) >= 11 is 0. The Kier molecular flexibility index (Phi) is 2.68. The van der Waals surface area contributed by atoms with Crippen molar-refractivity contribution in [2.24, 2.45) is 0 Å². The molecule has 0 fully saturated rings. The normalized spacial score (nSPS) is 13.9. The highest BCUT2D eigenvalue weighted by Gasteiger charge is 2.29. The van der Waals surface area contributed by atoms with Crippen molar-refractivity contribution in [1.29, 1.82) is 0 Å². The second kappa shape index (κ2) is 3.98. The minimum absolute atomic E-state index is 0.377. The summed E-state index contributed by atoms with van der Waals surface area (Å²) in [7, 11) is 3.39. The molecule has 0 aromatic heterocycles. The molecule has 0 amide bonds. The van der Waals surface area contributed by atoms with E-state index in [0.29, 0.717) is 11.1 Å². The Morgan fingerprint density at radius 3 is 2.60 bits per heavy atom. The van der Waals surface area contributed by atoms with Crippen molar-refractivity contribution in [3.05, 3.63) is 34.9 Å². The molecular formula is C11H9O3Si. The molecule has 0 N–H and O–H groups in total. The van der Waals surface area contributed by atoms with Gasteiger partial charge in [0.05, 0.1) is 11.1 Å². The zero-order valence-corrected chi connectivity index (χ0v) is 9.08. The number of esters is 2. The predicted molar refractivity (Wildman–Crippen MR) is 55.1 cm³/mol. The summed E-state index contributed by atoms with van der Waals surface area (Å²) in [4.78, 5) is 22.4. The molecule has 75 valence electrons. The first-order valence-electron chi connectivity index (χ1n) is 4.76. The lowest BCUT2D eigenvalue weighted by molar-refractivity contribution is 0.0444. The SMILES string of the molecule is O=C1OC(=O)c2cc(CCC[Si])ccc21. The topological polar surface area (TPSA) is 43.4 Å². The van der Waals surface area contributed by atoms with Gasteiger partial charge >= 0.3 is 11.9 Å². The number of ether oxygens (including phenoxy) is 1. The van der Waals surface area contributed by atoms with Gasteiger partial charge in [-0.2, -0.15) is 0 Å². The van der Waals surface area contributed by atoms with E-state index in [1.165, 1.54) is 0 Å². The number of benzene rings is 1. The van der Waals surface area contributed by atoms with Gasteiger partial charge in [-0.25, -0.2) is 9.59 Å². The average molecular weight is 217 g/mol. The molecule has 0 unspecified atom stereocenters. The first-order valence-corrected chi connectivity index (χ1v) is 5.47. The molecule has 0 atom stereocenters. The van der Waals surface area contributed by atoms with Crippen molar-refractivity contribution in [3.63, 3.8) is 0 Å². The van der Waals surface area contributed by atoms with E-state index in [4.69, 9.17) is 0 Å². The van der Waals surface area contributed by atoms with Crippen LogP contribution in [0.5, 0.6) is 0 Å². The Morgan fingerprint density at radius 2 is 1.87 bits per heavy atom. The van der Waals surface area contributed by atoms with Crippen LogP contribution < -0.4 is 0 Å². The smallest absolute Gasteiger partial charge is 0.346 e. The summed E-state index contributed by atoms with van der Waals surface area (Å²) in [5, 5.41) is 0. The summed E-state index contributed by atoms with van der Waals surface area (Å²) in [5.41, 5.74) is 1.83. The first kappa shape index (κ1) is 10.1. The van der Waals surface area contributed by atoms with Gasteiger partial charge in [-0.05, 0) is 24.1 Å². The van der Waals surface area contributed by atoms with Crippen LogP contribution in [0.3, 0.4) is 0 Å². The van der Waals surface area contributed by atoms with E-state index in [9.17, 15) is 9.59 Å². The Labute approximate surface area is 90.9 Å². The van der Waals surface area contributed by atoms with Crippen LogP contribution in [0.15, 0.2) is 18.2 Å². The quantitative estimate of drug-likeness (QED) is 0.438. The number of rotatable bonds is 3. The lowest BCUT2D eigenvalue weighted by Crippen LogP contribution is -1.97. The molecule has 1 aromatic carbocycles. The number of hydrogen-bond donors (Lipinski definition) is 0. The molecule has 0 bridgehead atoms. The molecule has 15 heavy (non-hydrogen) atoms. The molecule has 0 saturated carbocycles. The van der Waals surface area contributed by atoms with Gasteiger partial charge in [0, 0.05) is 10.2 Å². The number of hydrogen-bond acceptors (Lipinski definition) is 3. The van der Waals surface area contributed by atoms with E-state index in [1.54, 1.807) is 12.1 Å². The summed E-state index contributed by atoms with van der Waals surface area (Å²) in [6, 6.07) is 6.18. The first-order chi connectivity index (χ1) is 7.22. The van der Waals surface area contributed by atoms with E-state index >= 15 is 0 Å². The molecule has 1 aliphatic heterocycles. The molecule has 0 aliphatic carbocycles. The van der Waals surface area contributed by atoms with Crippen molar-refractivity contribution < 1.29 is 14.3 Å². The Morgan fingerprint density at radius 1 is 1.13 bits per heavy atom. The predicted octanol–water partition coefficient (Wildman–Crippen LogP) is 1.52. The van der Waals surface area contributed by atoms with Gasteiger partial charge in [-0.15, -0.1) is 0 Å². The van der Waals surface area contributed by atoms with E-state index in [2.05, 4.69) is 15.0 Å².